The number of hydrogen-bond donors (Lipinski definition) is 1. The zero-order valence-electron chi connectivity index (χ0n) is 12.7. The molecule has 0 atom stereocenters. The second kappa shape index (κ2) is 8.27. The van der Waals surface area contributed by atoms with Gasteiger partial charge in [-0.25, -0.2) is 0 Å². The van der Waals surface area contributed by atoms with E-state index < -0.39 is 0 Å². The van der Waals surface area contributed by atoms with E-state index in [-0.39, 0.29) is 12.4 Å². The summed E-state index contributed by atoms with van der Waals surface area (Å²) in [6.45, 7) is 2.92. The molecule has 2 rings (SSSR count). The molecule has 0 spiro atoms. The van der Waals surface area contributed by atoms with E-state index in [1.54, 1.807) is 6.08 Å². The quantitative estimate of drug-likeness (QED) is 0.629. The Bertz CT molecular complexity index is 627. The maximum atomic E-state index is 12.3. The highest BCUT2D eigenvalue weighted by Crippen LogP contribution is 2.12. The highest BCUT2D eigenvalue weighted by Gasteiger charge is 2.07. The van der Waals surface area contributed by atoms with E-state index in [0.29, 0.717) is 24.3 Å². The van der Waals surface area contributed by atoms with Gasteiger partial charge in [0.25, 0.3) is 0 Å². The van der Waals surface area contributed by atoms with Crippen molar-refractivity contribution in [3.8, 4) is 0 Å². The van der Waals surface area contributed by atoms with E-state index in [1.807, 2.05) is 61.5 Å². The fraction of sp³-hybridized carbons (Fsp3) is 0.211. The Morgan fingerprint density at radius 3 is 2.32 bits per heavy atom. The van der Waals surface area contributed by atoms with Crippen molar-refractivity contribution in [1.29, 1.82) is 0 Å². The van der Waals surface area contributed by atoms with Gasteiger partial charge in [-0.1, -0.05) is 60.7 Å². The zero-order chi connectivity index (χ0) is 15.8. The van der Waals surface area contributed by atoms with Crippen LogP contribution in [0.15, 0.2) is 66.2 Å². The van der Waals surface area contributed by atoms with E-state index in [2.05, 4.69) is 0 Å². The van der Waals surface area contributed by atoms with Crippen LogP contribution in [0.25, 0.3) is 0 Å². The molecule has 1 N–H and O–H groups in total. The summed E-state index contributed by atoms with van der Waals surface area (Å²) in [5.74, 6) is 0.0230. The fourth-order valence-corrected chi connectivity index (χ4v) is 2.05. The summed E-state index contributed by atoms with van der Waals surface area (Å²) in [5, 5.41) is 8.77. The molecule has 0 aliphatic heterocycles. The predicted octanol–water partition coefficient (Wildman–Crippen LogP) is 3.37. The molecule has 0 radical (unpaired) electrons. The molecule has 2 aromatic carbocycles. The third kappa shape index (κ3) is 4.65. The summed E-state index contributed by atoms with van der Waals surface area (Å²) in [7, 11) is 0. The summed E-state index contributed by atoms with van der Waals surface area (Å²) < 4.78 is 5.55. The minimum absolute atomic E-state index is 0.0230. The van der Waals surface area contributed by atoms with Crippen molar-refractivity contribution in [2.24, 2.45) is 0 Å². The molecule has 0 heterocycles. The van der Waals surface area contributed by atoms with Gasteiger partial charge in [-0.15, -0.1) is 0 Å². The van der Waals surface area contributed by atoms with Crippen molar-refractivity contribution >= 4 is 5.78 Å². The van der Waals surface area contributed by atoms with Crippen LogP contribution in [0.1, 0.15) is 28.4 Å². The normalized spacial score (nSPS) is 11.5. The van der Waals surface area contributed by atoms with Gasteiger partial charge in [0.1, 0.15) is 0 Å². The minimum atomic E-state index is 0.0230. The molecule has 0 aliphatic carbocycles. The Morgan fingerprint density at radius 1 is 1.05 bits per heavy atom. The Labute approximate surface area is 130 Å². The molecule has 0 unspecified atom stereocenters. The summed E-state index contributed by atoms with van der Waals surface area (Å²) >= 11 is 0. The van der Waals surface area contributed by atoms with Crippen molar-refractivity contribution in [2.45, 2.75) is 13.5 Å². The topological polar surface area (TPSA) is 46.5 Å². The van der Waals surface area contributed by atoms with Crippen molar-refractivity contribution in [3.63, 3.8) is 0 Å². The molecule has 0 amide bonds. The lowest BCUT2D eigenvalue weighted by molar-refractivity contribution is 0.103. The number of hydrogen-bond acceptors (Lipinski definition) is 3. The van der Waals surface area contributed by atoms with Gasteiger partial charge in [0.15, 0.2) is 5.78 Å². The lowest BCUT2D eigenvalue weighted by Crippen LogP contribution is -2.02. The van der Waals surface area contributed by atoms with E-state index in [1.165, 1.54) is 0 Å². The Morgan fingerprint density at radius 2 is 1.68 bits per heavy atom. The van der Waals surface area contributed by atoms with Crippen LogP contribution in [0.3, 0.4) is 0 Å². The molecular formula is C19H20O3. The number of carbonyl (C=O) groups excluding carboxylic acids is 1. The number of aliphatic hydroxyl groups is 1. The van der Waals surface area contributed by atoms with Gasteiger partial charge in [-0.3, -0.25) is 4.79 Å². The fourth-order valence-electron chi connectivity index (χ4n) is 2.05. The zero-order valence-corrected chi connectivity index (χ0v) is 12.7. The smallest absolute Gasteiger partial charge is 0.193 e. The van der Waals surface area contributed by atoms with Crippen LogP contribution in [0.2, 0.25) is 0 Å². The second-order valence-electron chi connectivity index (χ2n) is 5.12. The molecule has 3 heteroatoms. The van der Waals surface area contributed by atoms with Crippen molar-refractivity contribution in [3.05, 3.63) is 82.9 Å². The Kier molecular flexibility index (Phi) is 6.07. The first-order valence-corrected chi connectivity index (χ1v) is 7.23. The lowest BCUT2D eigenvalue weighted by Gasteiger charge is -2.06. The van der Waals surface area contributed by atoms with Crippen molar-refractivity contribution in [1.82, 2.24) is 0 Å². The summed E-state index contributed by atoms with van der Waals surface area (Å²) in [6, 6.07) is 16.7. The highest BCUT2D eigenvalue weighted by molar-refractivity contribution is 6.08. The molecule has 114 valence electrons. The molecule has 0 fully saturated rings. The van der Waals surface area contributed by atoms with Gasteiger partial charge in [0.05, 0.1) is 19.8 Å². The first-order chi connectivity index (χ1) is 10.7. The monoisotopic (exact) mass is 296 g/mol. The van der Waals surface area contributed by atoms with Crippen LogP contribution in [0, 0.1) is 0 Å². The van der Waals surface area contributed by atoms with Crippen LogP contribution in [-0.4, -0.2) is 24.1 Å². The van der Waals surface area contributed by atoms with E-state index in [9.17, 15) is 4.79 Å². The maximum Gasteiger partial charge on any atom is 0.193 e. The second-order valence-corrected chi connectivity index (χ2v) is 5.12. The number of ether oxygens (including phenoxy) is 1. The van der Waals surface area contributed by atoms with Crippen molar-refractivity contribution in [2.75, 3.05) is 13.2 Å². The van der Waals surface area contributed by atoms with Crippen LogP contribution >= 0.6 is 0 Å². The van der Waals surface area contributed by atoms with Crippen LogP contribution < -0.4 is 0 Å². The number of carbonyl (C=O) groups is 1. The first kappa shape index (κ1) is 16.1. The predicted molar refractivity (Wildman–Crippen MR) is 86.8 cm³/mol. The number of rotatable bonds is 7. The van der Waals surface area contributed by atoms with Gasteiger partial charge < -0.3 is 9.84 Å². The molecule has 2 aromatic rings. The summed E-state index contributed by atoms with van der Waals surface area (Å²) in [5.41, 5.74) is 3.38. The van der Waals surface area contributed by atoms with Gasteiger partial charge >= 0.3 is 0 Å². The van der Waals surface area contributed by atoms with Gasteiger partial charge in [-0.05, 0) is 18.1 Å². The molecule has 0 saturated carbocycles. The summed E-state index contributed by atoms with van der Waals surface area (Å²) in [4.78, 5) is 12.3. The molecular weight excluding hydrogens is 276 g/mol. The standard InChI is InChI=1S/C19H20O3/c1-15(11-12-20)13-22-14-16-7-9-18(10-8-16)19(21)17-5-3-2-4-6-17/h2-11,20H,12-14H2,1H3. The third-order valence-electron chi connectivity index (χ3n) is 3.29. The first-order valence-electron chi connectivity index (χ1n) is 7.23. The molecule has 0 bridgehead atoms. The average Bonchev–Trinajstić information content (AvgIpc) is 2.56. The van der Waals surface area contributed by atoms with Crippen LogP contribution in [0.4, 0.5) is 0 Å². The summed E-state index contributed by atoms with van der Waals surface area (Å²) in [6.07, 6.45) is 1.72. The molecule has 3 nitrogen and oxygen atoms in total. The van der Waals surface area contributed by atoms with Gasteiger partial charge in [-0.2, -0.15) is 0 Å². The van der Waals surface area contributed by atoms with E-state index in [4.69, 9.17) is 9.84 Å². The van der Waals surface area contributed by atoms with E-state index >= 15 is 0 Å². The average molecular weight is 296 g/mol. The molecule has 0 saturated heterocycles. The Hall–Kier alpha value is -2.23. The number of benzene rings is 2. The number of aliphatic hydroxyl groups excluding tert-OH is 1. The van der Waals surface area contributed by atoms with Gasteiger partial charge in [0, 0.05) is 11.1 Å². The molecule has 0 aliphatic rings. The largest absolute Gasteiger partial charge is 0.392 e. The van der Waals surface area contributed by atoms with Gasteiger partial charge in [0.2, 0.25) is 0 Å². The molecule has 22 heavy (non-hydrogen) atoms. The third-order valence-corrected chi connectivity index (χ3v) is 3.29. The maximum absolute atomic E-state index is 12.3. The van der Waals surface area contributed by atoms with Crippen LogP contribution in [0.5, 0.6) is 0 Å². The SMILES string of the molecule is CC(=CCO)COCc1ccc(C(=O)c2ccccc2)cc1. The Balaban J connectivity index is 1.93. The van der Waals surface area contributed by atoms with Crippen molar-refractivity contribution < 1.29 is 14.6 Å². The van der Waals surface area contributed by atoms with E-state index in [0.717, 1.165) is 11.1 Å². The highest BCUT2D eigenvalue weighted by atomic mass is 16.5. The number of ketones is 1. The minimum Gasteiger partial charge on any atom is -0.392 e. The lowest BCUT2D eigenvalue weighted by atomic mass is 10.0. The van der Waals surface area contributed by atoms with Crippen LogP contribution in [-0.2, 0) is 11.3 Å². The molecule has 0 aromatic heterocycles.